The summed E-state index contributed by atoms with van der Waals surface area (Å²) in [5, 5.41) is 0.905. The van der Waals surface area contributed by atoms with Gasteiger partial charge in [0, 0.05) is 21.2 Å². The number of ketones is 1. The molecule has 95 valence electrons. The van der Waals surface area contributed by atoms with Crippen LogP contribution in [0.1, 0.15) is 21.5 Å². The number of hydrogen-bond donors (Lipinski definition) is 0. The molecule has 2 rings (SSSR count). The molecule has 0 saturated carbocycles. The highest BCUT2D eigenvalue weighted by atomic mass is 35.5. The monoisotopic (exact) mass is 311 g/mol. The van der Waals surface area contributed by atoms with E-state index in [0.717, 1.165) is 0 Å². The molecular formula is C14H6Cl3O2. The first kappa shape index (κ1) is 14.1. The molecule has 0 unspecified atom stereocenters. The van der Waals surface area contributed by atoms with Gasteiger partial charge >= 0.3 is 0 Å². The zero-order valence-corrected chi connectivity index (χ0v) is 11.7. The summed E-state index contributed by atoms with van der Waals surface area (Å²) in [7, 11) is 0. The molecule has 0 aliphatic carbocycles. The molecule has 0 bridgehead atoms. The van der Waals surface area contributed by atoms with Crippen molar-refractivity contribution in [1.29, 1.82) is 0 Å². The summed E-state index contributed by atoms with van der Waals surface area (Å²) in [6.07, 6.45) is 1.67. The minimum absolute atomic E-state index is 0.0393. The Hall–Kier alpha value is -1.35. The number of halogens is 3. The van der Waals surface area contributed by atoms with Crippen molar-refractivity contribution in [1.82, 2.24) is 0 Å². The maximum absolute atomic E-state index is 12.3. The summed E-state index contributed by atoms with van der Waals surface area (Å²) in [6.45, 7) is 0. The van der Waals surface area contributed by atoms with Crippen molar-refractivity contribution in [3.63, 3.8) is 0 Å². The molecule has 2 aromatic carbocycles. The summed E-state index contributed by atoms with van der Waals surface area (Å²) in [4.78, 5) is 23.2. The number of carbonyl (C=O) groups excluding carboxylic acids is 2. The summed E-state index contributed by atoms with van der Waals surface area (Å²) >= 11 is 17.5. The Labute approximate surface area is 124 Å². The van der Waals surface area contributed by atoms with Crippen LogP contribution >= 0.6 is 34.8 Å². The van der Waals surface area contributed by atoms with E-state index in [2.05, 4.69) is 0 Å². The largest absolute Gasteiger partial charge is 0.289 e. The maximum atomic E-state index is 12.3. The second kappa shape index (κ2) is 5.74. The molecule has 0 aliphatic rings. The van der Waals surface area contributed by atoms with Gasteiger partial charge in [0.15, 0.2) is 5.78 Å². The number of hydrogen-bond acceptors (Lipinski definition) is 2. The fourth-order valence-electron chi connectivity index (χ4n) is 1.63. The first-order chi connectivity index (χ1) is 9.02. The third-order valence-electron chi connectivity index (χ3n) is 2.50. The van der Waals surface area contributed by atoms with Gasteiger partial charge < -0.3 is 0 Å². The van der Waals surface area contributed by atoms with Gasteiger partial charge in [-0.1, -0.05) is 34.8 Å². The van der Waals surface area contributed by atoms with Gasteiger partial charge in [-0.25, -0.2) is 0 Å². The zero-order valence-electron chi connectivity index (χ0n) is 9.41. The normalized spacial score (nSPS) is 10.3. The summed E-state index contributed by atoms with van der Waals surface area (Å²) in [5.41, 5.74) is 0.506. The average molecular weight is 313 g/mol. The Morgan fingerprint density at radius 3 is 2.16 bits per heavy atom. The lowest BCUT2D eigenvalue weighted by atomic mass is 9.99. The summed E-state index contributed by atoms with van der Waals surface area (Å²) in [6, 6.07) is 9.05. The van der Waals surface area contributed by atoms with Crippen molar-refractivity contribution < 1.29 is 9.59 Å². The van der Waals surface area contributed by atoms with Crippen LogP contribution in [-0.4, -0.2) is 12.1 Å². The van der Waals surface area contributed by atoms with Crippen LogP contribution in [0, 0.1) is 0 Å². The molecule has 2 nitrogen and oxygen atoms in total. The van der Waals surface area contributed by atoms with Gasteiger partial charge in [0.25, 0.3) is 0 Å². The second-order valence-electron chi connectivity index (χ2n) is 3.75. The van der Waals surface area contributed by atoms with Crippen LogP contribution < -0.4 is 0 Å². The van der Waals surface area contributed by atoms with E-state index in [9.17, 15) is 9.59 Å². The maximum Gasteiger partial charge on any atom is 0.234 e. The third-order valence-corrected chi connectivity index (χ3v) is 3.27. The highest BCUT2D eigenvalue weighted by Gasteiger charge is 2.18. The van der Waals surface area contributed by atoms with Crippen LogP contribution in [0.2, 0.25) is 15.1 Å². The van der Waals surface area contributed by atoms with E-state index in [-0.39, 0.29) is 27.0 Å². The highest BCUT2D eigenvalue weighted by molar-refractivity contribution is 6.38. The lowest BCUT2D eigenvalue weighted by Gasteiger charge is -2.07. The molecule has 0 amide bonds. The van der Waals surface area contributed by atoms with Gasteiger partial charge in [-0.05, 0) is 36.4 Å². The van der Waals surface area contributed by atoms with Gasteiger partial charge in [-0.3, -0.25) is 9.59 Å². The Balaban J connectivity index is 2.55. The Morgan fingerprint density at radius 1 is 0.947 bits per heavy atom. The predicted octanol–water partition coefficient (Wildman–Crippen LogP) is 4.34. The van der Waals surface area contributed by atoms with E-state index < -0.39 is 0 Å². The molecule has 2 aromatic rings. The first-order valence-corrected chi connectivity index (χ1v) is 6.34. The lowest BCUT2D eigenvalue weighted by Crippen LogP contribution is -2.06. The van der Waals surface area contributed by atoms with E-state index in [4.69, 9.17) is 34.8 Å². The minimum atomic E-state index is -0.378. The highest BCUT2D eigenvalue weighted by Crippen LogP contribution is 2.27. The van der Waals surface area contributed by atoms with Gasteiger partial charge in [-0.2, -0.15) is 0 Å². The van der Waals surface area contributed by atoms with Crippen molar-refractivity contribution >= 4 is 46.9 Å². The van der Waals surface area contributed by atoms with Gasteiger partial charge in [0.1, 0.15) is 0 Å². The zero-order chi connectivity index (χ0) is 14.0. The molecule has 0 heterocycles. The molecule has 0 N–H and O–H groups in total. The molecule has 5 heteroatoms. The standard InChI is InChI=1S/C14H6Cl3O2/c15-10-3-1-8(2-4-10)14(19)13-9(7-18)5-11(16)6-12(13)17/h1-6H. The Bertz CT molecular complexity index is 648. The van der Waals surface area contributed by atoms with Crippen molar-refractivity contribution in [2.75, 3.05) is 0 Å². The molecule has 0 atom stereocenters. The lowest BCUT2D eigenvalue weighted by molar-refractivity contribution is 0.103. The van der Waals surface area contributed by atoms with Crippen molar-refractivity contribution in [2.24, 2.45) is 0 Å². The molecule has 0 spiro atoms. The van der Waals surface area contributed by atoms with Gasteiger partial charge in [0.05, 0.1) is 10.6 Å². The van der Waals surface area contributed by atoms with Gasteiger partial charge in [-0.15, -0.1) is 0 Å². The predicted molar refractivity (Wildman–Crippen MR) is 76.1 cm³/mol. The smallest absolute Gasteiger partial charge is 0.234 e. The number of carbonyl (C=O) groups is 1. The van der Waals surface area contributed by atoms with E-state index in [1.54, 1.807) is 30.6 Å². The quantitative estimate of drug-likeness (QED) is 0.790. The fraction of sp³-hybridized carbons (Fsp3) is 0. The summed E-state index contributed by atoms with van der Waals surface area (Å²) < 4.78 is 0. The molecule has 19 heavy (non-hydrogen) atoms. The molecular weight excluding hydrogens is 307 g/mol. The van der Waals surface area contributed by atoms with Crippen LogP contribution in [-0.2, 0) is 4.79 Å². The summed E-state index contributed by atoms with van der Waals surface area (Å²) in [5.74, 6) is -0.378. The molecule has 0 aromatic heterocycles. The van der Waals surface area contributed by atoms with E-state index in [1.165, 1.54) is 12.1 Å². The van der Waals surface area contributed by atoms with Crippen LogP contribution in [0.3, 0.4) is 0 Å². The number of benzene rings is 2. The van der Waals surface area contributed by atoms with Crippen LogP contribution in [0.15, 0.2) is 36.4 Å². The van der Waals surface area contributed by atoms with Crippen LogP contribution in [0.25, 0.3) is 0 Å². The van der Waals surface area contributed by atoms with Crippen molar-refractivity contribution in [3.05, 3.63) is 68.2 Å². The van der Waals surface area contributed by atoms with E-state index in [0.29, 0.717) is 10.6 Å². The SMILES string of the molecule is O=[C]c1cc(Cl)cc(Cl)c1C(=O)c1ccc(Cl)cc1. The fourth-order valence-corrected chi connectivity index (χ4v) is 2.34. The second-order valence-corrected chi connectivity index (χ2v) is 5.03. The minimum Gasteiger partial charge on any atom is -0.289 e. The Morgan fingerprint density at radius 2 is 1.58 bits per heavy atom. The molecule has 0 fully saturated rings. The first-order valence-electron chi connectivity index (χ1n) is 5.20. The van der Waals surface area contributed by atoms with Crippen LogP contribution in [0.4, 0.5) is 0 Å². The van der Waals surface area contributed by atoms with E-state index >= 15 is 0 Å². The molecule has 1 radical (unpaired) electrons. The van der Waals surface area contributed by atoms with Crippen molar-refractivity contribution in [3.8, 4) is 0 Å². The van der Waals surface area contributed by atoms with Crippen LogP contribution in [0.5, 0.6) is 0 Å². The third kappa shape index (κ3) is 2.98. The van der Waals surface area contributed by atoms with Gasteiger partial charge in [0.2, 0.25) is 6.29 Å². The average Bonchev–Trinajstić information content (AvgIpc) is 2.38. The topological polar surface area (TPSA) is 34.1 Å². The number of rotatable bonds is 3. The molecule has 0 saturated heterocycles. The van der Waals surface area contributed by atoms with Crippen molar-refractivity contribution in [2.45, 2.75) is 0 Å². The molecule has 0 aliphatic heterocycles. The van der Waals surface area contributed by atoms with E-state index in [1.807, 2.05) is 0 Å². The Kier molecular flexibility index (Phi) is 4.25.